The average Bonchev–Trinajstić information content (AvgIpc) is 3.51. The van der Waals surface area contributed by atoms with E-state index in [1.807, 2.05) is 68.4 Å². The molecule has 1 aliphatic heterocycles. The first-order chi connectivity index (χ1) is 18.7. The third-order valence-corrected chi connectivity index (χ3v) is 10.5. The zero-order valence-electron chi connectivity index (χ0n) is 21.9. The molecule has 2 aromatic heterocycles. The van der Waals surface area contributed by atoms with Gasteiger partial charge < -0.3 is 0 Å². The fourth-order valence-electron chi connectivity index (χ4n) is 4.83. The number of benzene rings is 2. The molecule has 1 saturated heterocycles. The molecule has 202 valence electrons. The number of piperidine rings is 1. The van der Waals surface area contributed by atoms with Crippen LogP contribution in [-0.4, -0.2) is 65.2 Å². The van der Waals surface area contributed by atoms with E-state index in [0.717, 1.165) is 41.2 Å². The van der Waals surface area contributed by atoms with Gasteiger partial charge in [-0.1, -0.05) is 0 Å². The van der Waals surface area contributed by atoms with Crippen LogP contribution in [0.5, 0.6) is 0 Å². The molecule has 0 radical (unpaired) electrons. The van der Waals surface area contributed by atoms with Crippen LogP contribution in [0.1, 0.15) is 64.3 Å². The van der Waals surface area contributed by atoms with Crippen molar-refractivity contribution in [1.82, 2.24) is 20.0 Å². The van der Waals surface area contributed by atoms with Crippen molar-refractivity contribution in [2.45, 2.75) is 45.2 Å². The number of carboxylic acid groups (broad SMARTS) is 1. The predicted molar refractivity (Wildman–Crippen MR) is 155 cm³/mol. The van der Waals surface area contributed by atoms with Crippen LogP contribution in [0.3, 0.4) is 0 Å². The molecule has 0 spiro atoms. The van der Waals surface area contributed by atoms with Crippen molar-refractivity contribution in [2.24, 2.45) is 0 Å². The van der Waals surface area contributed by atoms with E-state index in [1.54, 1.807) is 6.07 Å². The summed E-state index contributed by atoms with van der Waals surface area (Å²) in [5.74, 6) is -0.302. The minimum absolute atomic E-state index is 0.0288. The molecule has 1 aliphatic rings. The maximum absolute atomic E-state index is 13.2. The van der Waals surface area contributed by atoms with Crippen molar-refractivity contribution in [3.63, 3.8) is 0 Å². The molecule has 8 nitrogen and oxygen atoms in total. The van der Waals surface area contributed by atoms with E-state index in [-0.39, 0.29) is 10.5 Å². The van der Waals surface area contributed by atoms with Crippen LogP contribution < -0.4 is 9.80 Å². The van der Waals surface area contributed by atoms with Gasteiger partial charge in [-0.25, -0.2) is 0 Å². The number of nitrogens with one attached hydrogen (secondary N) is 1. The Bertz CT molecular complexity index is 1510. The van der Waals surface area contributed by atoms with Crippen LogP contribution in [0, 0.1) is 0 Å². The third kappa shape index (κ3) is 6.16. The number of hydrogen-bond acceptors (Lipinski definition) is 6. The number of rotatable bonds is 8. The van der Waals surface area contributed by atoms with E-state index in [2.05, 4.69) is 15.3 Å². The van der Waals surface area contributed by atoms with E-state index >= 15 is 0 Å². The second-order valence-electron chi connectivity index (χ2n) is 10.3. The number of hydrogen-bond donors (Lipinski definition) is 2. The molecular formula is C29H31AsN4O4S. The van der Waals surface area contributed by atoms with E-state index in [0.29, 0.717) is 25.1 Å². The third-order valence-electron chi connectivity index (χ3n) is 6.99. The van der Waals surface area contributed by atoms with Gasteiger partial charge in [-0.2, -0.15) is 0 Å². The van der Waals surface area contributed by atoms with Crippen molar-refractivity contribution in [3.05, 3.63) is 82.2 Å². The summed E-state index contributed by atoms with van der Waals surface area (Å²) < 4.78 is 1.32. The van der Waals surface area contributed by atoms with Crippen LogP contribution in [0.15, 0.2) is 60.7 Å². The van der Waals surface area contributed by atoms with E-state index in [4.69, 9.17) is 0 Å². The monoisotopic (exact) mass is 606 g/mol. The second kappa shape index (κ2) is 11.5. The summed E-state index contributed by atoms with van der Waals surface area (Å²) in [6.45, 7) is 6.94. The number of carbonyl (C=O) groups is 3. The fraction of sp³-hybridized carbons (Fsp3) is 0.310. The molecule has 1 amide bonds. The first-order valence-electron chi connectivity index (χ1n) is 13.0. The van der Waals surface area contributed by atoms with Gasteiger partial charge in [-0.3, -0.25) is 0 Å². The molecule has 1 atom stereocenters. The van der Waals surface area contributed by atoms with Gasteiger partial charge in [0.05, 0.1) is 0 Å². The predicted octanol–water partition coefficient (Wildman–Crippen LogP) is 4.18. The Kier molecular flexibility index (Phi) is 8.03. The van der Waals surface area contributed by atoms with Crippen LogP contribution >= 0.6 is 11.3 Å². The molecule has 39 heavy (non-hydrogen) atoms. The Morgan fingerprint density at radius 1 is 1.03 bits per heavy atom. The summed E-state index contributed by atoms with van der Waals surface area (Å²) in [4.78, 5) is 41.5. The SMILES string of the molecule is CC(C)(NC(=O)c1cc2c([AsH]C(=O)c3ccc(CN4CCCCC4)cc3)nn(C(=O)O)c2s1)c1ccccc1. The van der Waals surface area contributed by atoms with Gasteiger partial charge in [-0.05, 0) is 0 Å². The molecule has 1 fully saturated rings. The average molecular weight is 607 g/mol. The number of amides is 1. The van der Waals surface area contributed by atoms with E-state index < -0.39 is 27.4 Å². The first-order valence-corrected chi connectivity index (χ1v) is 15.9. The summed E-state index contributed by atoms with van der Waals surface area (Å²) in [6.07, 6.45) is 2.51. The zero-order chi connectivity index (χ0) is 27.6. The van der Waals surface area contributed by atoms with Gasteiger partial charge in [-0.15, -0.1) is 0 Å². The van der Waals surface area contributed by atoms with Crippen molar-refractivity contribution in [1.29, 1.82) is 0 Å². The van der Waals surface area contributed by atoms with Crippen LogP contribution in [-0.2, 0) is 12.1 Å². The minimum atomic E-state index is -1.46. The number of carbonyl (C=O) groups excluding carboxylic acids is 2. The standard InChI is InChI=1S/C29H31AsN4O4S/c1-29(2,21-9-5-3-6-10-21)31-26(36)23-17-22-24(32-34(28(37)38)27(22)39-23)30-25(35)20-13-11-19(12-14-20)18-33-15-7-4-8-16-33/h3,5-6,9-14,17,30H,4,7-8,15-16,18H2,1-2H3,(H,31,36)(H,37,38). The maximum atomic E-state index is 13.2. The normalized spacial score (nSPS) is 14.7. The Morgan fingerprint density at radius 2 is 1.72 bits per heavy atom. The summed E-state index contributed by atoms with van der Waals surface area (Å²) in [7, 11) is 0. The number of thiophene rings is 1. The van der Waals surface area contributed by atoms with Gasteiger partial charge in [0.1, 0.15) is 0 Å². The number of nitrogens with zero attached hydrogens (tertiary/aromatic N) is 3. The van der Waals surface area contributed by atoms with Crippen molar-refractivity contribution in [3.8, 4) is 0 Å². The van der Waals surface area contributed by atoms with Gasteiger partial charge >= 0.3 is 238 Å². The molecule has 3 heterocycles. The molecule has 1 unspecified atom stereocenters. The molecule has 4 aromatic rings. The number of aromatic nitrogens is 2. The van der Waals surface area contributed by atoms with Gasteiger partial charge in [0.2, 0.25) is 0 Å². The van der Waals surface area contributed by atoms with Crippen LogP contribution in [0.2, 0.25) is 0 Å². The Morgan fingerprint density at radius 3 is 2.38 bits per heavy atom. The second-order valence-corrected chi connectivity index (χ2v) is 13.8. The molecule has 0 bridgehead atoms. The summed E-state index contributed by atoms with van der Waals surface area (Å²) >= 11 is -0.387. The summed E-state index contributed by atoms with van der Waals surface area (Å²) in [5.41, 5.74) is 2.11. The van der Waals surface area contributed by atoms with Gasteiger partial charge in [0, 0.05) is 0 Å². The first kappa shape index (κ1) is 27.3. The number of fused-ring (bicyclic) bond motifs is 1. The number of likely N-dealkylation sites (tertiary alicyclic amines) is 1. The van der Waals surface area contributed by atoms with Crippen molar-refractivity contribution < 1.29 is 19.5 Å². The Balaban J connectivity index is 1.34. The zero-order valence-corrected chi connectivity index (χ0v) is 24.9. The van der Waals surface area contributed by atoms with E-state index in [1.165, 1.54) is 24.8 Å². The summed E-state index contributed by atoms with van der Waals surface area (Å²) in [5, 5.41) is 17.6. The van der Waals surface area contributed by atoms with Crippen LogP contribution in [0.4, 0.5) is 4.79 Å². The molecule has 0 aliphatic carbocycles. The molecule has 0 saturated carbocycles. The molecule has 5 rings (SSSR count). The molecule has 10 heteroatoms. The van der Waals surface area contributed by atoms with Crippen molar-refractivity contribution >= 4 is 58.4 Å². The quantitative estimate of drug-likeness (QED) is 0.292. The topological polar surface area (TPSA) is 105 Å². The van der Waals surface area contributed by atoms with Gasteiger partial charge in [0.25, 0.3) is 0 Å². The van der Waals surface area contributed by atoms with E-state index in [9.17, 15) is 19.5 Å². The Hall–Kier alpha value is -3.26. The van der Waals surface area contributed by atoms with Crippen LogP contribution in [0.25, 0.3) is 10.2 Å². The fourth-order valence-corrected chi connectivity index (χ4v) is 8.12. The molecule has 2 aromatic carbocycles. The van der Waals surface area contributed by atoms with Gasteiger partial charge in [0.15, 0.2) is 0 Å². The molecule has 2 N–H and O–H groups in total. The van der Waals surface area contributed by atoms with Crippen molar-refractivity contribution in [2.75, 3.05) is 13.1 Å². The summed E-state index contributed by atoms with van der Waals surface area (Å²) in [6, 6.07) is 19.0. The molecular weight excluding hydrogens is 575 g/mol. The Labute approximate surface area is 237 Å².